The number of rotatable bonds is 4. The number of hydrogen-bond donors (Lipinski definition) is 0. The van der Waals surface area contributed by atoms with Crippen LogP contribution in [0.15, 0.2) is 24.3 Å². The molecule has 6 nitrogen and oxygen atoms in total. The molecule has 0 radical (unpaired) electrons. The van der Waals surface area contributed by atoms with Gasteiger partial charge in [-0.1, -0.05) is 54.2 Å². The van der Waals surface area contributed by atoms with Crippen LogP contribution in [-0.4, -0.2) is 31.5 Å². The Labute approximate surface area is 131 Å². The molecule has 0 bridgehead atoms. The Balaban J connectivity index is 2.16. The van der Waals surface area contributed by atoms with Crippen molar-refractivity contribution in [2.24, 2.45) is 0 Å². The fourth-order valence-corrected chi connectivity index (χ4v) is 2.91. The highest BCUT2D eigenvalue weighted by molar-refractivity contribution is 7.13. The van der Waals surface area contributed by atoms with Gasteiger partial charge in [0.1, 0.15) is 10.7 Å². The fraction of sp³-hybridized carbons (Fsp3) is 0.267. The first-order valence-corrected chi connectivity index (χ1v) is 7.73. The molecule has 0 aliphatic heterocycles. The number of benzene rings is 1. The molecule has 7 heteroatoms. The molecule has 0 N–H and O–H groups in total. The molecule has 2 heterocycles. The summed E-state index contributed by atoms with van der Waals surface area (Å²) in [6.07, 6.45) is 0.714. The van der Waals surface area contributed by atoms with Crippen molar-refractivity contribution in [2.75, 3.05) is 0 Å². The van der Waals surface area contributed by atoms with E-state index >= 15 is 0 Å². The summed E-state index contributed by atoms with van der Waals surface area (Å²) < 4.78 is 1.59. The van der Waals surface area contributed by atoms with Crippen LogP contribution in [0.3, 0.4) is 0 Å². The first-order chi connectivity index (χ1) is 10.6. The van der Waals surface area contributed by atoms with E-state index in [4.69, 9.17) is 0 Å². The summed E-state index contributed by atoms with van der Waals surface area (Å²) in [5.74, 6) is 0.294. The maximum absolute atomic E-state index is 11.3. The first-order valence-electron chi connectivity index (χ1n) is 6.92. The smallest absolute Gasteiger partial charge is 0.234 e. The highest BCUT2D eigenvalue weighted by Gasteiger charge is 2.19. The van der Waals surface area contributed by atoms with E-state index in [2.05, 4.69) is 34.4 Å². The Hall–Kier alpha value is -2.41. The molecule has 1 aromatic carbocycles. The molecule has 0 spiro atoms. The number of aldehydes is 1. The van der Waals surface area contributed by atoms with Gasteiger partial charge in [-0.3, -0.25) is 4.79 Å². The highest BCUT2D eigenvalue weighted by atomic mass is 32.1. The number of nitrogens with zero attached hydrogens (tertiary/aromatic N) is 5. The van der Waals surface area contributed by atoms with Gasteiger partial charge in [-0.2, -0.15) is 4.68 Å². The quantitative estimate of drug-likeness (QED) is 0.692. The third-order valence-electron chi connectivity index (χ3n) is 3.20. The molecule has 0 fully saturated rings. The van der Waals surface area contributed by atoms with E-state index in [9.17, 15) is 4.79 Å². The minimum absolute atomic E-state index is 0.294. The summed E-state index contributed by atoms with van der Waals surface area (Å²) in [5.41, 5.74) is 2.92. The minimum atomic E-state index is 0.294. The molecule has 0 aliphatic rings. The Morgan fingerprint density at radius 1 is 1.23 bits per heavy atom. The van der Waals surface area contributed by atoms with Crippen LogP contribution in [0.4, 0.5) is 0 Å². The van der Waals surface area contributed by atoms with Crippen molar-refractivity contribution >= 4 is 17.6 Å². The van der Waals surface area contributed by atoms with E-state index in [1.54, 1.807) is 4.68 Å². The van der Waals surface area contributed by atoms with Gasteiger partial charge in [0.15, 0.2) is 12.0 Å². The van der Waals surface area contributed by atoms with Gasteiger partial charge in [-0.15, -0.1) is 15.3 Å². The monoisotopic (exact) mass is 313 g/mol. The van der Waals surface area contributed by atoms with Crippen molar-refractivity contribution in [2.45, 2.75) is 26.7 Å². The second-order valence-corrected chi connectivity index (χ2v) is 6.29. The van der Waals surface area contributed by atoms with Gasteiger partial charge in [-0.05, 0) is 13.0 Å². The van der Waals surface area contributed by atoms with Crippen LogP contribution in [0.2, 0.25) is 0 Å². The second-order valence-electron chi connectivity index (χ2n) is 5.30. The summed E-state index contributed by atoms with van der Waals surface area (Å²) in [6.45, 7) is 6.12. The van der Waals surface area contributed by atoms with Crippen molar-refractivity contribution in [3.63, 3.8) is 0 Å². The largest absolute Gasteiger partial charge is 0.296 e. The van der Waals surface area contributed by atoms with E-state index in [0.29, 0.717) is 28.7 Å². The van der Waals surface area contributed by atoms with Crippen molar-refractivity contribution in [3.05, 3.63) is 40.5 Å². The summed E-state index contributed by atoms with van der Waals surface area (Å²) >= 11 is 1.45. The fourth-order valence-electron chi connectivity index (χ4n) is 2.11. The molecule has 22 heavy (non-hydrogen) atoms. The van der Waals surface area contributed by atoms with Crippen LogP contribution >= 0.6 is 11.3 Å². The summed E-state index contributed by atoms with van der Waals surface area (Å²) in [7, 11) is 0. The van der Waals surface area contributed by atoms with Crippen molar-refractivity contribution in [3.8, 4) is 16.4 Å². The normalized spacial score (nSPS) is 11.1. The molecule has 0 atom stereocenters. The first kappa shape index (κ1) is 14.5. The van der Waals surface area contributed by atoms with Crippen LogP contribution in [-0.2, 0) is 0 Å². The molecule has 0 aliphatic carbocycles. The highest BCUT2D eigenvalue weighted by Crippen LogP contribution is 2.28. The van der Waals surface area contributed by atoms with E-state index in [1.165, 1.54) is 11.3 Å². The molecular formula is C15H15N5OS. The van der Waals surface area contributed by atoms with Gasteiger partial charge in [0, 0.05) is 11.5 Å². The van der Waals surface area contributed by atoms with Gasteiger partial charge in [0.25, 0.3) is 0 Å². The Morgan fingerprint density at radius 2 is 2.05 bits per heavy atom. The standard InChI is InChI=1S/C15H15N5OS/c1-9(2)14-17-18-15(22-14)20-13(12(8-21)16-19-20)11-6-4-5-10(3)7-11/h4-9H,1-3H3. The van der Waals surface area contributed by atoms with E-state index in [0.717, 1.165) is 16.1 Å². The molecule has 0 unspecified atom stereocenters. The molecule has 3 aromatic rings. The van der Waals surface area contributed by atoms with E-state index in [-0.39, 0.29) is 0 Å². The maximum atomic E-state index is 11.3. The minimum Gasteiger partial charge on any atom is -0.296 e. The second kappa shape index (κ2) is 5.76. The van der Waals surface area contributed by atoms with Crippen molar-refractivity contribution in [1.82, 2.24) is 25.2 Å². The Kier molecular flexibility index (Phi) is 3.81. The van der Waals surface area contributed by atoms with Crippen LogP contribution in [0, 0.1) is 6.92 Å². The molecular weight excluding hydrogens is 298 g/mol. The average molecular weight is 313 g/mol. The number of aromatic nitrogens is 5. The molecule has 3 rings (SSSR count). The van der Waals surface area contributed by atoms with Crippen molar-refractivity contribution in [1.29, 1.82) is 0 Å². The lowest BCUT2D eigenvalue weighted by Crippen LogP contribution is -2.00. The van der Waals surface area contributed by atoms with Crippen LogP contribution in [0.25, 0.3) is 16.4 Å². The van der Waals surface area contributed by atoms with Gasteiger partial charge >= 0.3 is 0 Å². The Morgan fingerprint density at radius 3 is 2.68 bits per heavy atom. The summed E-state index contributed by atoms with van der Waals surface area (Å²) in [4.78, 5) is 11.3. The van der Waals surface area contributed by atoms with Gasteiger partial charge in [-0.25, -0.2) is 0 Å². The summed E-state index contributed by atoms with van der Waals surface area (Å²) in [5, 5.41) is 17.9. The Bertz CT molecular complexity index is 821. The molecule has 0 saturated carbocycles. The van der Waals surface area contributed by atoms with E-state index in [1.807, 2.05) is 31.2 Å². The SMILES string of the molecule is Cc1cccc(-c2c(C=O)nnn2-c2nnc(C(C)C)s2)c1. The molecule has 112 valence electrons. The van der Waals surface area contributed by atoms with Gasteiger partial charge < -0.3 is 0 Å². The zero-order valence-corrected chi connectivity index (χ0v) is 13.3. The molecule has 2 aromatic heterocycles. The number of hydrogen-bond acceptors (Lipinski definition) is 6. The maximum Gasteiger partial charge on any atom is 0.234 e. The lowest BCUT2D eigenvalue weighted by atomic mass is 10.1. The van der Waals surface area contributed by atoms with E-state index < -0.39 is 0 Å². The van der Waals surface area contributed by atoms with Crippen LogP contribution in [0.1, 0.15) is 40.8 Å². The van der Waals surface area contributed by atoms with Crippen LogP contribution in [0.5, 0.6) is 0 Å². The van der Waals surface area contributed by atoms with Gasteiger partial charge in [0.2, 0.25) is 5.13 Å². The molecule has 0 saturated heterocycles. The topological polar surface area (TPSA) is 73.6 Å². The number of carbonyl (C=O) groups is 1. The average Bonchev–Trinajstić information content (AvgIpc) is 3.13. The zero-order chi connectivity index (χ0) is 15.7. The lowest BCUT2D eigenvalue weighted by Gasteiger charge is -2.04. The van der Waals surface area contributed by atoms with Crippen LogP contribution < -0.4 is 0 Å². The number of carbonyl (C=O) groups excluding carboxylic acids is 1. The van der Waals surface area contributed by atoms with Crippen molar-refractivity contribution < 1.29 is 4.79 Å². The van der Waals surface area contributed by atoms with Gasteiger partial charge in [0.05, 0.1) is 0 Å². The number of aryl methyl sites for hydroxylation is 1. The third-order valence-corrected chi connectivity index (χ3v) is 4.40. The predicted molar refractivity (Wildman–Crippen MR) is 84.5 cm³/mol. The molecule has 0 amide bonds. The zero-order valence-electron chi connectivity index (χ0n) is 12.5. The lowest BCUT2D eigenvalue weighted by molar-refractivity contribution is 0.111. The third kappa shape index (κ3) is 2.55. The summed E-state index contributed by atoms with van der Waals surface area (Å²) in [6, 6.07) is 7.86. The predicted octanol–water partition coefficient (Wildman–Crippen LogP) is 3.03.